The van der Waals surface area contributed by atoms with Crippen LogP contribution >= 0.6 is 15.9 Å². The fourth-order valence-electron chi connectivity index (χ4n) is 1.98. The number of hydrogen-bond acceptors (Lipinski definition) is 5. The SMILES string of the molecule is N#Cc1ccc(NCCNC(=O)c2ccc(Br)cc2)c([N+](=O)[O-])c1. The van der Waals surface area contributed by atoms with Gasteiger partial charge in [0.2, 0.25) is 0 Å². The Hall–Kier alpha value is -2.92. The highest BCUT2D eigenvalue weighted by molar-refractivity contribution is 9.10. The Morgan fingerprint density at radius 3 is 2.54 bits per heavy atom. The van der Waals surface area contributed by atoms with Crippen LogP contribution in [0.2, 0.25) is 0 Å². The molecule has 24 heavy (non-hydrogen) atoms. The van der Waals surface area contributed by atoms with Crippen molar-refractivity contribution < 1.29 is 9.72 Å². The van der Waals surface area contributed by atoms with Crippen molar-refractivity contribution in [2.75, 3.05) is 18.4 Å². The van der Waals surface area contributed by atoms with Crippen LogP contribution in [-0.4, -0.2) is 23.9 Å². The van der Waals surface area contributed by atoms with Crippen LogP contribution in [0.3, 0.4) is 0 Å². The Labute approximate surface area is 146 Å². The predicted molar refractivity (Wildman–Crippen MR) is 92.8 cm³/mol. The van der Waals surface area contributed by atoms with Gasteiger partial charge < -0.3 is 10.6 Å². The van der Waals surface area contributed by atoms with E-state index in [1.165, 1.54) is 18.2 Å². The monoisotopic (exact) mass is 388 g/mol. The van der Waals surface area contributed by atoms with Crippen molar-refractivity contribution in [3.8, 4) is 6.07 Å². The van der Waals surface area contributed by atoms with E-state index in [2.05, 4.69) is 26.6 Å². The lowest BCUT2D eigenvalue weighted by atomic mass is 10.2. The number of nitro benzene ring substituents is 1. The van der Waals surface area contributed by atoms with Crippen molar-refractivity contribution in [1.29, 1.82) is 5.26 Å². The Morgan fingerprint density at radius 1 is 1.21 bits per heavy atom. The molecule has 0 atom stereocenters. The minimum absolute atomic E-state index is 0.173. The van der Waals surface area contributed by atoms with Gasteiger partial charge in [0.05, 0.1) is 16.6 Å². The second-order valence-electron chi connectivity index (χ2n) is 4.79. The molecule has 2 rings (SSSR count). The number of hydrogen-bond donors (Lipinski definition) is 2. The van der Waals surface area contributed by atoms with Crippen molar-refractivity contribution in [1.82, 2.24) is 5.32 Å². The van der Waals surface area contributed by atoms with Gasteiger partial charge in [-0.2, -0.15) is 5.26 Å². The highest BCUT2D eigenvalue weighted by Crippen LogP contribution is 2.24. The first-order valence-electron chi connectivity index (χ1n) is 6.97. The van der Waals surface area contributed by atoms with Gasteiger partial charge in [-0.25, -0.2) is 0 Å². The lowest BCUT2D eigenvalue weighted by molar-refractivity contribution is -0.384. The van der Waals surface area contributed by atoms with Crippen molar-refractivity contribution >= 4 is 33.2 Å². The standard InChI is InChI=1S/C16H13BrN4O3/c17-13-4-2-12(3-5-13)16(22)20-8-7-19-14-6-1-11(10-18)9-15(14)21(23)24/h1-6,9,19H,7-8H2,(H,20,22). The number of nitrogens with zero attached hydrogens (tertiary/aromatic N) is 2. The number of carbonyl (C=O) groups is 1. The van der Waals surface area contributed by atoms with Gasteiger partial charge in [0.1, 0.15) is 5.69 Å². The molecule has 0 saturated carbocycles. The third-order valence-electron chi connectivity index (χ3n) is 3.16. The van der Waals surface area contributed by atoms with Crippen LogP contribution in [-0.2, 0) is 0 Å². The van der Waals surface area contributed by atoms with E-state index in [-0.39, 0.29) is 17.2 Å². The number of anilines is 1. The Balaban J connectivity index is 1.90. The number of rotatable bonds is 6. The number of nitro groups is 1. The normalized spacial score (nSPS) is 9.83. The number of benzene rings is 2. The van der Waals surface area contributed by atoms with E-state index < -0.39 is 4.92 Å². The van der Waals surface area contributed by atoms with E-state index in [0.29, 0.717) is 24.3 Å². The summed E-state index contributed by atoms with van der Waals surface area (Å²) in [6, 6.07) is 13.0. The van der Waals surface area contributed by atoms with E-state index in [4.69, 9.17) is 5.26 Å². The molecule has 0 aliphatic heterocycles. The van der Waals surface area contributed by atoms with Gasteiger partial charge in [-0.05, 0) is 36.4 Å². The maximum atomic E-state index is 11.9. The zero-order valence-electron chi connectivity index (χ0n) is 12.5. The Bertz CT molecular complexity index is 800. The number of nitrogens with one attached hydrogen (secondary N) is 2. The highest BCUT2D eigenvalue weighted by Gasteiger charge is 2.14. The van der Waals surface area contributed by atoms with Crippen LogP contribution < -0.4 is 10.6 Å². The van der Waals surface area contributed by atoms with Crippen molar-refractivity contribution in [3.05, 3.63) is 68.2 Å². The first-order chi connectivity index (χ1) is 11.5. The zero-order valence-corrected chi connectivity index (χ0v) is 14.0. The molecule has 0 unspecified atom stereocenters. The first kappa shape index (κ1) is 17.4. The molecule has 0 spiro atoms. The molecule has 0 radical (unpaired) electrons. The maximum Gasteiger partial charge on any atom is 0.293 e. The topological polar surface area (TPSA) is 108 Å². The summed E-state index contributed by atoms with van der Waals surface area (Å²) in [5.74, 6) is -0.223. The fraction of sp³-hybridized carbons (Fsp3) is 0.125. The number of carbonyl (C=O) groups excluding carboxylic acids is 1. The van der Waals surface area contributed by atoms with Gasteiger partial charge >= 0.3 is 0 Å². The maximum absolute atomic E-state index is 11.9. The number of amides is 1. The number of halogens is 1. The summed E-state index contributed by atoms with van der Waals surface area (Å²) in [5, 5.41) is 25.4. The van der Waals surface area contributed by atoms with Crippen molar-refractivity contribution in [3.63, 3.8) is 0 Å². The molecule has 0 aliphatic rings. The summed E-state index contributed by atoms with van der Waals surface area (Å²) in [5.41, 5.74) is 0.878. The van der Waals surface area contributed by atoms with E-state index in [1.807, 2.05) is 6.07 Å². The highest BCUT2D eigenvalue weighted by atomic mass is 79.9. The summed E-state index contributed by atoms with van der Waals surface area (Å²) in [6.07, 6.45) is 0. The van der Waals surface area contributed by atoms with E-state index >= 15 is 0 Å². The summed E-state index contributed by atoms with van der Waals surface area (Å²) in [4.78, 5) is 22.4. The van der Waals surface area contributed by atoms with Crippen molar-refractivity contribution in [2.24, 2.45) is 0 Å². The van der Waals surface area contributed by atoms with Gasteiger partial charge in [0, 0.05) is 29.2 Å². The molecule has 0 saturated heterocycles. The largest absolute Gasteiger partial charge is 0.378 e. The van der Waals surface area contributed by atoms with Crippen LogP contribution in [0.15, 0.2) is 46.9 Å². The Kier molecular flexibility index (Phi) is 5.87. The lowest BCUT2D eigenvalue weighted by Crippen LogP contribution is -2.28. The van der Waals surface area contributed by atoms with E-state index in [1.54, 1.807) is 24.3 Å². The molecule has 2 aromatic rings. The van der Waals surface area contributed by atoms with Crippen LogP contribution in [0.25, 0.3) is 0 Å². The Morgan fingerprint density at radius 2 is 1.92 bits per heavy atom. The van der Waals surface area contributed by atoms with Crippen LogP contribution in [0.1, 0.15) is 15.9 Å². The number of nitriles is 1. The van der Waals surface area contributed by atoms with Gasteiger partial charge in [-0.15, -0.1) is 0 Å². The molecule has 0 fully saturated rings. The third-order valence-corrected chi connectivity index (χ3v) is 3.68. The molecule has 0 heterocycles. The molecule has 2 aromatic carbocycles. The minimum atomic E-state index is -0.552. The van der Waals surface area contributed by atoms with Gasteiger partial charge in [0.15, 0.2) is 0 Å². The molecule has 7 nitrogen and oxygen atoms in total. The van der Waals surface area contributed by atoms with E-state index in [0.717, 1.165) is 4.47 Å². The lowest BCUT2D eigenvalue weighted by Gasteiger charge is -2.09. The van der Waals surface area contributed by atoms with Gasteiger partial charge in [-0.3, -0.25) is 14.9 Å². The predicted octanol–water partition coefficient (Wildman–Crippen LogP) is 3.07. The quantitative estimate of drug-likeness (QED) is 0.449. The molecule has 0 aromatic heterocycles. The molecular weight excluding hydrogens is 376 g/mol. The third kappa shape index (κ3) is 4.54. The van der Waals surface area contributed by atoms with Gasteiger partial charge in [0.25, 0.3) is 11.6 Å². The second kappa shape index (κ2) is 8.08. The molecule has 122 valence electrons. The molecule has 1 amide bonds. The second-order valence-corrected chi connectivity index (χ2v) is 5.71. The first-order valence-corrected chi connectivity index (χ1v) is 7.76. The van der Waals surface area contributed by atoms with Gasteiger partial charge in [-0.1, -0.05) is 15.9 Å². The molecular formula is C16H13BrN4O3. The average Bonchev–Trinajstić information content (AvgIpc) is 2.59. The average molecular weight is 389 g/mol. The van der Waals surface area contributed by atoms with Crippen LogP contribution in [0.5, 0.6) is 0 Å². The molecule has 0 aliphatic carbocycles. The van der Waals surface area contributed by atoms with Crippen molar-refractivity contribution in [2.45, 2.75) is 0 Å². The molecule has 8 heteroatoms. The van der Waals surface area contributed by atoms with E-state index in [9.17, 15) is 14.9 Å². The molecule has 0 bridgehead atoms. The smallest absolute Gasteiger partial charge is 0.293 e. The summed E-state index contributed by atoms with van der Waals surface area (Å²) in [7, 11) is 0. The fourth-order valence-corrected chi connectivity index (χ4v) is 2.24. The molecule has 2 N–H and O–H groups in total. The summed E-state index contributed by atoms with van der Waals surface area (Å²) in [6.45, 7) is 0.612. The minimum Gasteiger partial charge on any atom is -0.378 e. The summed E-state index contributed by atoms with van der Waals surface area (Å²) >= 11 is 3.30. The van der Waals surface area contributed by atoms with Crippen LogP contribution in [0, 0.1) is 21.4 Å². The van der Waals surface area contributed by atoms with Crippen LogP contribution in [0.4, 0.5) is 11.4 Å². The zero-order chi connectivity index (χ0) is 17.5. The summed E-state index contributed by atoms with van der Waals surface area (Å²) < 4.78 is 0.883.